The SMILES string of the molecule is O=C(Nc1ccc(Cl)cc1F)c1ccncc1C#CCO. The van der Waals surface area contributed by atoms with Gasteiger partial charge in [0.05, 0.1) is 16.8 Å². The van der Waals surface area contributed by atoms with Gasteiger partial charge in [-0.25, -0.2) is 4.39 Å². The first-order valence-corrected chi connectivity index (χ1v) is 6.29. The second-order valence-corrected chi connectivity index (χ2v) is 4.40. The number of carbonyl (C=O) groups excluding carboxylic acids is 1. The van der Waals surface area contributed by atoms with Crippen molar-refractivity contribution in [3.05, 3.63) is 58.6 Å². The fraction of sp³-hybridized carbons (Fsp3) is 0.0667. The zero-order chi connectivity index (χ0) is 15.2. The number of aliphatic hydroxyl groups excluding tert-OH is 1. The van der Waals surface area contributed by atoms with E-state index >= 15 is 0 Å². The first-order chi connectivity index (χ1) is 10.1. The van der Waals surface area contributed by atoms with E-state index in [1.165, 1.54) is 30.6 Å². The number of aliphatic hydroxyl groups is 1. The molecule has 1 aromatic heterocycles. The van der Waals surface area contributed by atoms with Gasteiger partial charge in [0.1, 0.15) is 12.4 Å². The van der Waals surface area contributed by atoms with E-state index in [0.29, 0.717) is 5.56 Å². The zero-order valence-electron chi connectivity index (χ0n) is 10.7. The topological polar surface area (TPSA) is 62.2 Å². The lowest BCUT2D eigenvalue weighted by atomic mass is 10.1. The summed E-state index contributed by atoms with van der Waals surface area (Å²) < 4.78 is 13.7. The Kier molecular flexibility index (Phi) is 4.88. The van der Waals surface area contributed by atoms with E-state index in [4.69, 9.17) is 16.7 Å². The van der Waals surface area contributed by atoms with Gasteiger partial charge in [-0.1, -0.05) is 23.4 Å². The lowest BCUT2D eigenvalue weighted by molar-refractivity contribution is 0.102. The molecule has 0 aliphatic carbocycles. The maximum absolute atomic E-state index is 13.7. The van der Waals surface area contributed by atoms with Crippen LogP contribution in [-0.4, -0.2) is 22.6 Å². The minimum atomic E-state index is -0.632. The molecule has 2 rings (SSSR count). The van der Waals surface area contributed by atoms with Crippen molar-refractivity contribution in [1.82, 2.24) is 4.98 Å². The zero-order valence-corrected chi connectivity index (χ0v) is 11.5. The Morgan fingerprint density at radius 3 is 2.95 bits per heavy atom. The molecule has 0 aliphatic rings. The van der Waals surface area contributed by atoms with E-state index in [1.54, 1.807) is 0 Å². The summed E-state index contributed by atoms with van der Waals surface area (Å²) in [5.74, 6) is 3.89. The summed E-state index contributed by atoms with van der Waals surface area (Å²) in [7, 11) is 0. The third-order valence-electron chi connectivity index (χ3n) is 2.55. The maximum Gasteiger partial charge on any atom is 0.257 e. The monoisotopic (exact) mass is 304 g/mol. The Morgan fingerprint density at radius 2 is 2.24 bits per heavy atom. The summed E-state index contributed by atoms with van der Waals surface area (Å²) in [5, 5.41) is 11.4. The molecule has 0 bridgehead atoms. The number of halogens is 2. The van der Waals surface area contributed by atoms with Crippen LogP contribution in [0.1, 0.15) is 15.9 Å². The van der Waals surface area contributed by atoms with Crippen molar-refractivity contribution < 1.29 is 14.3 Å². The predicted molar refractivity (Wildman–Crippen MR) is 77.6 cm³/mol. The highest BCUT2D eigenvalue weighted by molar-refractivity contribution is 6.30. The van der Waals surface area contributed by atoms with Gasteiger partial charge in [0.15, 0.2) is 0 Å². The van der Waals surface area contributed by atoms with Crippen molar-refractivity contribution in [3.8, 4) is 11.8 Å². The normalized spacial score (nSPS) is 9.67. The van der Waals surface area contributed by atoms with E-state index in [1.807, 2.05) is 0 Å². The number of benzene rings is 1. The van der Waals surface area contributed by atoms with Gasteiger partial charge in [-0.15, -0.1) is 0 Å². The van der Waals surface area contributed by atoms with Crippen molar-refractivity contribution >= 4 is 23.2 Å². The standard InChI is InChI=1S/C15H10ClFN2O2/c16-11-3-4-14(13(17)8-11)19-15(21)12-5-6-18-9-10(12)2-1-7-20/h3-6,8-9,20H,7H2,(H,19,21). The van der Waals surface area contributed by atoms with Gasteiger partial charge in [0.2, 0.25) is 0 Å². The number of rotatable bonds is 2. The van der Waals surface area contributed by atoms with Gasteiger partial charge in [-0.2, -0.15) is 0 Å². The van der Waals surface area contributed by atoms with Crippen molar-refractivity contribution in [3.63, 3.8) is 0 Å². The second kappa shape index (κ2) is 6.84. The van der Waals surface area contributed by atoms with Gasteiger partial charge in [0.25, 0.3) is 5.91 Å². The van der Waals surface area contributed by atoms with Crippen molar-refractivity contribution in [2.75, 3.05) is 11.9 Å². The number of carbonyl (C=O) groups is 1. The Labute approximate surface area is 125 Å². The average Bonchev–Trinajstić information content (AvgIpc) is 2.48. The van der Waals surface area contributed by atoms with Crippen molar-refractivity contribution in [1.29, 1.82) is 0 Å². The number of nitrogens with zero attached hydrogens (tertiary/aromatic N) is 1. The van der Waals surface area contributed by atoms with Crippen LogP contribution in [-0.2, 0) is 0 Å². The number of anilines is 1. The number of pyridine rings is 1. The van der Waals surface area contributed by atoms with Crippen LogP contribution >= 0.6 is 11.6 Å². The smallest absolute Gasteiger partial charge is 0.257 e. The Bertz CT molecular complexity index is 738. The molecule has 0 spiro atoms. The molecule has 21 heavy (non-hydrogen) atoms. The van der Waals surface area contributed by atoms with Crippen LogP contribution in [0.5, 0.6) is 0 Å². The average molecular weight is 305 g/mol. The van der Waals surface area contributed by atoms with Gasteiger partial charge in [-0.05, 0) is 24.3 Å². The summed E-state index contributed by atoms with van der Waals surface area (Å²) in [4.78, 5) is 16.0. The molecule has 1 amide bonds. The molecule has 1 aromatic carbocycles. The van der Waals surface area contributed by atoms with E-state index < -0.39 is 11.7 Å². The number of amides is 1. The Balaban J connectivity index is 2.28. The molecule has 0 radical (unpaired) electrons. The van der Waals surface area contributed by atoms with Crippen molar-refractivity contribution in [2.24, 2.45) is 0 Å². The molecule has 0 fully saturated rings. The molecule has 0 atom stereocenters. The Hall–Kier alpha value is -2.42. The van der Waals surface area contributed by atoms with E-state index in [0.717, 1.165) is 6.07 Å². The molecule has 2 aromatic rings. The molecule has 1 heterocycles. The first-order valence-electron chi connectivity index (χ1n) is 5.92. The molecule has 0 unspecified atom stereocenters. The molecule has 0 aliphatic heterocycles. The van der Waals surface area contributed by atoms with Gasteiger partial charge < -0.3 is 10.4 Å². The molecule has 2 N–H and O–H groups in total. The van der Waals surface area contributed by atoms with Crippen LogP contribution in [0.3, 0.4) is 0 Å². The number of nitrogens with one attached hydrogen (secondary N) is 1. The lowest BCUT2D eigenvalue weighted by Crippen LogP contribution is -2.14. The van der Waals surface area contributed by atoms with Crippen LogP contribution in [0.2, 0.25) is 5.02 Å². The van der Waals surface area contributed by atoms with Gasteiger partial charge in [0, 0.05) is 17.4 Å². The second-order valence-electron chi connectivity index (χ2n) is 3.96. The van der Waals surface area contributed by atoms with Gasteiger partial charge in [-0.3, -0.25) is 9.78 Å². The predicted octanol–water partition coefficient (Wildman–Crippen LogP) is 2.47. The molecule has 0 saturated heterocycles. The first kappa shape index (κ1) is 15.0. The molecule has 6 heteroatoms. The van der Waals surface area contributed by atoms with Gasteiger partial charge >= 0.3 is 0 Å². The molecule has 0 saturated carbocycles. The van der Waals surface area contributed by atoms with Crippen LogP contribution < -0.4 is 5.32 Å². The van der Waals surface area contributed by atoms with E-state index in [2.05, 4.69) is 22.1 Å². The van der Waals surface area contributed by atoms with E-state index in [-0.39, 0.29) is 22.9 Å². The molecule has 106 valence electrons. The largest absolute Gasteiger partial charge is 0.384 e. The summed E-state index contributed by atoms with van der Waals surface area (Å²) in [6.45, 7) is -0.332. The highest BCUT2D eigenvalue weighted by Gasteiger charge is 2.12. The molecular weight excluding hydrogens is 295 g/mol. The molecular formula is C15H10ClFN2O2. The van der Waals surface area contributed by atoms with E-state index in [9.17, 15) is 9.18 Å². The minimum Gasteiger partial charge on any atom is -0.384 e. The Morgan fingerprint density at radius 1 is 1.43 bits per heavy atom. The van der Waals surface area contributed by atoms with Crippen LogP contribution in [0.15, 0.2) is 36.7 Å². The third-order valence-corrected chi connectivity index (χ3v) is 2.78. The summed E-state index contributed by atoms with van der Waals surface area (Å²) in [6, 6.07) is 5.41. The number of aromatic nitrogens is 1. The molecule has 4 nitrogen and oxygen atoms in total. The summed E-state index contributed by atoms with van der Waals surface area (Å²) in [5.41, 5.74) is 0.598. The highest BCUT2D eigenvalue weighted by Crippen LogP contribution is 2.20. The lowest BCUT2D eigenvalue weighted by Gasteiger charge is -2.08. The maximum atomic E-state index is 13.7. The quantitative estimate of drug-likeness (QED) is 0.838. The van der Waals surface area contributed by atoms with Crippen molar-refractivity contribution in [2.45, 2.75) is 0 Å². The van der Waals surface area contributed by atoms with Crippen LogP contribution in [0.25, 0.3) is 0 Å². The van der Waals surface area contributed by atoms with Crippen LogP contribution in [0.4, 0.5) is 10.1 Å². The third kappa shape index (κ3) is 3.78. The van der Waals surface area contributed by atoms with Crippen LogP contribution in [0, 0.1) is 17.7 Å². The minimum absolute atomic E-state index is 0.0160. The fourth-order valence-corrected chi connectivity index (χ4v) is 1.77. The number of hydrogen-bond acceptors (Lipinski definition) is 3. The fourth-order valence-electron chi connectivity index (χ4n) is 1.61. The summed E-state index contributed by atoms with van der Waals surface area (Å²) >= 11 is 5.65. The number of hydrogen-bond donors (Lipinski definition) is 2. The summed E-state index contributed by atoms with van der Waals surface area (Å²) in [6.07, 6.45) is 2.83. The highest BCUT2D eigenvalue weighted by atomic mass is 35.5.